The fourth-order valence-electron chi connectivity index (χ4n) is 0.801. The van der Waals surface area contributed by atoms with E-state index in [-0.39, 0.29) is 6.04 Å². The number of rotatable bonds is 4. The van der Waals surface area contributed by atoms with E-state index < -0.39 is 0 Å². The Kier molecular flexibility index (Phi) is 3.81. The first kappa shape index (κ1) is 10.6. The Hall–Kier alpha value is -0.480. The molecule has 1 rings (SSSR count). The molecule has 0 radical (unpaired) electrons. The van der Waals surface area contributed by atoms with Gasteiger partial charge in [-0.3, -0.25) is 0 Å². The minimum atomic E-state index is 0.234. The summed E-state index contributed by atoms with van der Waals surface area (Å²) >= 11 is 1.59. The van der Waals surface area contributed by atoms with Gasteiger partial charge in [-0.1, -0.05) is 18.7 Å². The minimum Gasteiger partial charge on any atom is -0.437 e. The van der Waals surface area contributed by atoms with Gasteiger partial charge in [-0.25, -0.2) is 4.98 Å². The van der Waals surface area contributed by atoms with Crippen molar-refractivity contribution < 1.29 is 4.42 Å². The van der Waals surface area contributed by atoms with Crippen molar-refractivity contribution in [1.82, 2.24) is 4.98 Å². The van der Waals surface area contributed by atoms with Gasteiger partial charge in [0.1, 0.15) is 5.76 Å². The molecule has 1 heterocycles. The van der Waals surface area contributed by atoms with E-state index in [0.717, 1.165) is 28.9 Å². The third kappa shape index (κ3) is 3.04. The van der Waals surface area contributed by atoms with Crippen molar-refractivity contribution in [2.75, 3.05) is 5.75 Å². The summed E-state index contributed by atoms with van der Waals surface area (Å²) in [5.74, 6) is 1.77. The second-order valence-corrected chi connectivity index (χ2v) is 4.07. The first-order valence-corrected chi connectivity index (χ1v) is 5.44. The molecule has 1 aromatic rings. The number of aryl methyl sites for hydroxylation is 2. The largest absolute Gasteiger partial charge is 0.437 e. The van der Waals surface area contributed by atoms with Crippen LogP contribution in [0.25, 0.3) is 0 Å². The maximum Gasteiger partial charge on any atom is 0.256 e. The number of nitrogens with two attached hydrogens (primary N) is 1. The highest BCUT2D eigenvalue weighted by Gasteiger charge is 2.07. The molecule has 4 heteroatoms. The molecule has 0 saturated heterocycles. The van der Waals surface area contributed by atoms with Gasteiger partial charge in [-0.15, -0.1) is 0 Å². The molecule has 1 unspecified atom stereocenters. The molecular weight excluding hydrogens is 184 g/mol. The molecule has 1 aromatic heterocycles. The lowest BCUT2D eigenvalue weighted by Crippen LogP contribution is -2.21. The monoisotopic (exact) mass is 200 g/mol. The molecule has 74 valence electrons. The Labute approximate surface area is 83.1 Å². The van der Waals surface area contributed by atoms with Gasteiger partial charge in [-0.05, 0) is 20.3 Å². The summed E-state index contributed by atoms with van der Waals surface area (Å²) < 4.78 is 5.41. The Morgan fingerprint density at radius 3 is 2.69 bits per heavy atom. The Morgan fingerprint density at radius 2 is 2.23 bits per heavy atom. The number of oxazole rings is 1. The van der Waals surface area contributed by atoms with Gasteiger partial charge in [-0.2, -0.15) is 0 Å². The Balaban J connectivity index is 2.45. The van der Waals surface area contributed by atoms with Crippen LogP contribution in [-0.4, -0.2) is 16.8 Å². The van der Waals surface area contributed by atoms with E-state index in [1.54, 1.807) is 11.8 Å². The van der Waals surface area contributed by atoms with Gasteiger partial charge in [0.05, 0.1) is 5.69 Å². The summed E-state index contributed by atoms with van der Waals surface area (Å²) in [6.07, 6.45) is 0.992. The van der Waals surface area contributed by atoms with Crippen molar-refractivity contribution in [2.45, 2.75) is 38.5 Å². The van der Waals surface area contributed by atoms with E-state index in [0.29, 0.717) is 0 Å². The minimum absolute atomic E-state index is 0.234. The van der Waals surface area contributed by atoms with E-state index in [1.807, 2.05) is 13.8 Å². The lowest BCUT2D eigenvalue weighted by Gasteiger charge is -2.04. The number of hydrogen-bond donors (Lipinski definition) is 1. The van der Waals surface area contributed by atoms with Crippen molar-refractivity contribution in [2.24, 2.45) is 5.73 Å². The number of thioether (sulfide) groups is 1. The van der Waals surface area contributed by atoms with Gasteiger partial charge in [0.15, 0.2) is 0 Å². The molecule has 0 aliphatic carbocycles. The van der Waals surface area contributed by atoms with Crippen LogP contribution in [0.4, 0.5) is 0 Å². The smallest absolute Gasteiger partial charge is 0.256 e. The number of aromatic nitrogens is 1. The third-order valence-electron chi connectivity index (χ3n) is 1.95. The predicted octanol–water partition coefficient (Wildman–Crippen LogP) is 2.12. The van der Waals surface area contributed by atoms with Crippen LogP contribution in [0, 0.1) is 13.8 Å². The zero-order valence-electron chi connectivity index (χ0n) is 8.33. The second kappa shape index (κ2) is 4.67. The summed E-state index contributed by atoms with van der Waals surface area (Å²) in [5.41, 5.74) is 6.74. The molecule has 0 aliphatic heterocycles. The van der Waals surface area contributed by atoms with Crippen molar-refractivity contribution in [1.29, 1.82) is 0 Å². The molecule has 3 nitrogen and oxygen atoms in total. The highest BCUT2D eigenvalue weighted by atomic mass is 32.2. The molecule has 0 spiro atoms. The lowest BCUT2D eigenvalue weighted by atomic mass is 10.3. The van der Waals surface area contributed by atoms with E-state index in [9.17, 15) is 0 Å². The molecule has 0 amide bonds. The van der Waals surface area contributed by atoms with Crippen molar-refractivity contribution in [3.8, 4) is 0 Å². The zero-order chi connectivity index (χ0) is 9.84. The molecule has 1 atom stereocenters. The molecule has 0 aromatic carbocycles. The summed E-state index contributed by atoms with van der Waals surface area (Å²) in [7, 11) is 0. The van der Waals surface area contributed by atoms with Gasteiger partial charge in [0.2, 0.25) is 0 Å². The van der Waals surface area contributed by atoms with Crippen molar-refractivity contribution in [3.63, 3.8) is 0 Å². The van der Waals surface area contributed by atoms with Crippen LogP contribution in [0.2, 0.25) is 0 Å². The molecule has 0 saturated carbocycles. The molecule has 0 bridgehead atoms. The topological polar surface area (TPSA) is 52.0 Å². The van der Waals surface area contributed by atoms with Crippen LogP contribution in [0.1, 0.15) is 24.8 Å². The average Bonchev–Trinajstić information content (AvgIpc) is 2.42. The van der Waals surface area contributed by atoms with E-state index in [2.05, 4.69) is 11.9 Å². The van der Waals surface area contributed by atoms with E-state index in [1.165, 1.54) is 0 Å². The fourth-order valence-corrected chi connectivity index (χ4v) is 1.78. The van der Waals surface area contributed by atoms with Crippen molar-refractivity contribution in [3.05, 3.63) is 11.5 Å². The number of hydrogen-bond acceptors (Lipinski definition) is 4. The number of nitrogens with zero attached hydrogens (tertiary/aromatic N) is 1. The first-order chi connectivity index (χ1) is 6.13. The lowest BCUT2D eigenvalue weighted by molar-refractivity contribution is 0.430. The summed E-state index contributed by atoms with van der Waals surface area (Å²) in [4.78, 5) is 4.26. The van der Waals surface area contributed by atoms with Crippen LogP contribution in [0.15, 0.2) is 9.64 Å². The summed E-state index contributed by atoms with van der Waals surface area (Å²) in [5, 5.41) is 0.735. The Bertz CT molecular complexity index is 253. The van der Waals surface area contributed by atoms with Gasteiger partial charge in [0, 0.05) is 11.8 Å². The van der Waals surface area contributed by atoms with Gasteiger partial charge in [0.25, 0.3) is 5.22 Å². The summed E-state index contributed by atoms with van der Waals surface area (Å²) in [6.45, 7) is 5.95. The van der Waals surface area contributed by atoms with Gasteiger partial charge < -0.3 is 10.2 Å². The highest BCUT2D eigenvalue weighted by Crippen LogP contribution is 2.20. The van der Waals surface area contributed by atoms with E-state index in [4.69, 9.17) is 10.2 Å². The SMILES string of the molecule is CCC(N)CSc1nc(C)c(C)o1. The summed E-state index contributed by atoms with van der Waals surface area (Å²) in [6, 6.07) is 0.234. The Morgan fingerprint density at radius 1 is 1.54 bits per heavy atom. The standard InChI is InChI=1S/C9H16N2OS/c1-4-8(10)5-13-9-11-6(2)7(3)12-9/h8H,4-5,10H2,1-3H3. The molecule has 0 aliphatic rings. The average molecular weight is 200 g/mol. The molecule has 0 fully saturated rings. The first-order valence-electron chi connectivity index (χ1n) is 4.46. The van der Waals surface area contributed by atoms with E-state index >= 15 is 0 Å². The van der Waals surface area contributed by atoms with Crippen LogP contribution in [0.5, 0.6) is 0 Å². The van der Waals surface area contributed by atoms with Crippen molar-refractivity contribution >= 4 is 11.8 Å². The molecular formula is C9H16N2OS. The van der Waals surface area contributed by atoms with Crippen LogP contribution in [-0.2, 0) is 0 Å². The zero-order valence-corrected chi connectivity index (χ0v) is 9.15. The molecule has 13 heavy (non-hydrogen) atoms. The predicted molar refractivity (Wildman–Crippen MR) is 55.0 cm³/mol. The second-order valence-electron chi connectivity index (χ2n) is 3.10. The third-order valence-corrected chi connectivity index (χ3v) is 2.97. The van der Waals surface area contributed by atoms with Crippen LogP contribution in [0.3, 0.4) is 0 Å². The van der Waals surface area contributed by atoms with Crippen LogP contribution >= 0.6 is 11.8 Å². The highest BCUT2D eigenvalue weighted by molar-refractivity contribution is 7.99. The van der Waals surface area contributed by atoms with Crippen LogP contribution < -0.4 is 5.73 Å². The quantitative estimate of drug-likeness (QED) is 0.756. The normalized spacial score (nSPS) is 13.2. The molecule has 2 N–H and O–H groups in total. The van der Waals surface area contributed by atoms with Gasteiger partial charge >= 0.3 is 0 Å². The maximum absolute atomic E-state index is 5.78. The maximum atomic E-state index is 5.78. The fraction of sp³-hybridized carbons (Fsp3) is 0.667.